The van der Waals surface area contributed by atoms with Gasteiger partial charge in [0.05, 0.1) is 0 Å². The number of amides is 1. The van der Waals surface area contributed by atoms with Gasteiger partial charge in [-0.3, -0.25) is 4.79 Å². The number of carboxylic acid groups (broad SMARTS) is 1. The summed E-state index contributed by atoms with van der Waals surface area (Å²) in [7, 11) is 0. The molecule has 0 spiro atoms. The van der Waals surface area contributed by atoms with E-state index in [1.807, 2.05) is 0 Å². The van der Waals surface area contributed by atoms with Crippen LogP contribution in [0, 0.1) is 11.8 Å². The molecule has 5 nitrogen and oxygen atoms in total. The molecule has 1 saturated heterocycles. The molecule has 108 valence electrons. The molecule has 0 radical (unpaired) electrons. The zero-order chi connectivity index (χ0) is 13.9. The van der Waals surface area contributed by atoms with Crippen LogP contribution in [-0.2, 0) is 9.59 Å². The van der Waals surface area contributed by atoms with E-state index >= 15 is 0 Å². The lowest BCUT2D eigenvalue weighted by molar-refractivity contribution is -0.150. The number of aliphatic carboxylic acids is 1. The lowest BCUT2D eigenvalue weighted by atomic mass is 9.75. The van der Waals surface area contributed by atoms with Gasteiger partial charge in [0.1, 0.15) is 5.54 Å². The minimum absolute atomic E-state index is 0.108. The third-order valence-electron chi connectivity index (χ3n) is 4.66. The summed E-state index contributed by atoms with van der Waals surface area (Å²) in [5.74, 6) is 0.00372. The smallest absolute Gasteiger partial charge is 0.329 e. The second kappa shape index (κ2) is 5.90. The first-order chi connectivity index (χ1) is 9.05. The Bertz CT molecular complexity index is 345. The summed E-state index contributed by atoms with van der Waals surface area (Å²) in [5, 5.41) is 15.4. The van der Waals surface area contributed by atoms with E-state index in [0.717, 1.165) is 32.4 Å². The Kier molecular flexibility index (Phi) is 4.45. The van der Waals surface area contributed by atoms with Crippen LogP contribution in [0.25, 0.3) is 0 Å². The lowest BCUT2D eigenvalue weighted by Crippen LogP contribution is -2.57. The Balaban J connectivity index is 1.91. The van der Waals surface area contributed by atoms with E-state index in [-0.39, 0.29) is 5.91 Å². The summed E-state index contributed by atoms with van der Waals surface area (Å²) in [6.07, 6.45) is 4.46. The highest BCUT2D eigenvalue weighted by Crippen LogP contribution is 2.34. The van der Waals surface area contributed by atoms with Crippen LogP contribution in [0.3, 0.4) is 0 Å². The van der Waals surface area contributed by atoms with Crippen LogP contribution < -0.4 is 10.6 Å². The van der Waals surface area contributed by atoms with Crippen molar-refractivity contribution >= 4 is 11.9 Å². The van der Waals surface area contributed by atoms with Crippen molar-refractivity contribution in [1.29, 1.82) is 0 Å². The van der Waals surface area contributed by atoms with Crippen LogP contribution in [0.5, 0.6) is 0 Å². The highest BCUT2D eigenvalue weighted by atomic mass is 16.4. The second-order valence-electron chi connectivity index (χ2n) is 6.02. The highest BCUT2D eigenvalue weighted by molar-refractivity contribution is 5.87. The average molecular weight is 268 g/mol. The molecular formula is C14H24N2O3. The van der Waals surface area contributed by atoms with Crippen molar-refractivity contribution in [2.45, 2.75) is 51.0 Å². The van der Waals surface area contributed by atoms with E-state index < -0.39 is 11.5 Å². The molecule has 1 amide bonds. The molecule has 1 aliphatic carbocycles. The molecule has 0 unspecified atom stereocenters. The normalized spacial score (nSPS) is 31.5. The monoisotopic (exact) mass is 268 g/mol. The Morgan fingerprint density at radius 2 is 1.89 bits per heavy atom. The molecule has 2 aliphatic rings. The van der Waals surface area contributed by atoms with Crippen LogP contribution in [0.4, 0.5) is 0 Å². The van der Waals surface area contributed by atoms with Crippen LogP contribution in [0.1, 0.15) is 45.4 Å². The largest absolute Gasteiger partial charge is 0.480 e. The molecule has 5 heteroatoms. The summed E-state index contributed by atoms with van der Waals surface area (Å²) in [5.41, 5.74) is -1.01. The molecule has 1 heterocycles. The summed E-state index contributed by atoms with van der Waals surface area (Å²) in [6.45, 7) is 3.87. The van der Waals surface area contributed by atoms with Gasteiger partial charge in [-0.15, -0.1) is 0 Å². The first-order valence-electron chi connectivity index (χ1n) is 7.31. The van der Waals surface area contributed by atoms with E-state index in [0.29, 0.717) is 31.1 Å². The number of carbonyl (C=O) groups is 2. The fourth-order valence-electron chi connectivity index (χ4n) is 3.04. The molecule has 0 aromatic heterocycles. The van der Waals surface area contributed by atoms with Gasteiger partial charge in [-0.1, -0.05) is 13.3 Å². The van der Waals surface area contributed by atoms with Gasteiger partial charge in [0.2, 0.25) is 5.91 Å². The number of rotatable bonds is 5. The maximum absolute atomic E-state index is 12.0. The van der Waals surface area contributed by atoms with Gasteiger partial charge in [0, 0.05) is 6.42 Å². The molecular weight excluding hydrogens is 244 g/mol. The molecule has 0 atom stereocenters. The average Bonchev–Trinajstić information content (AvgIpc) is 2.34. The van der Waals surface area contributed by atoms with E-state index in [4.69, 9.17) is 0 Å². The van der Waals surface area contributed by atoms with Gasteiger partial charge >= 0.3 is 5.97 Å². The summed E-state index contributed by atoms with van der Waals surface area (Å²) < 4.78 is 0. The third kappa shape index (κ3) is 3.26. The molecule has 0 bridgehead atoms. The fraction of sp³-hybridized carbons (Fsp3) is 0.857. The third-order valence-corrected chi connectivity index (χ3v) is 4.66. The van der Waals surface area contributed by atoms with Gasteiger partial charge < -0.3 is 15.7 Å². The van der Waals surface area contributed by atoms with Crippen molar-refractivity contribution < 1.29 is 14.7 Å². The molecule has 1 aliphatic heterocycles. The topological polar surface area (TPSA) is 78.4 Å². The van der Waals surface area contributed by atoms with Crippen molar-refractivity contribution in [3.05, 3.63) is 0 Å². The van der Waals surface area contributed by atoms with E-state index in [9.17, 15) is 14.7 Å². The minimum Gasteiger partial charge on any atom is -0.480 e. The quantitative estimate of drug-likeness (QED) is 0.698. The molecule has 0 aromatic rings. The summed E-state index contributed by atoms with van der Waals surface area (Å²) in [6, 6.07) is 0. The lowest BCUT2D eigenvalue weighted by Gasteiger charge is -2.38. The number of hydrogen-bond acceptors (Lipinski definition) is 3. The van der Waals surface area contributed by atoms with Gasteiger partial charge in [-0.05, 0) is 50.6 Å². The van der Waals surface area contributed by atoms with Crippen molar-refractivity contribution in [2.24, 2.45) is 11.8 Å². The SMILES string of the molecule is CCC1CCC(NC(=O)CC2CNC2)(C(=O)O)CC1. The molecule has 2 rings (SSSR count). The predicted molar refractivity (Wildman–Crippen MR) is 71.7 cm³/mol. The van der Waals surface area contributed by atoms with Crippen LogP contribution in [-0.4, -0.2) is 35.6 Å². The molecule has 3 N–H and O–H groups in total. The van der Waals surface area contributed by atoms with E-state index in [1.165, 1.54) is 0 Å². The summed E-state index contributed by atoms with van der Waals surface area (Å²) >= 11 is 0. The van der Waals surface area contributed by atoms with Gasteiger partial charge in [-0.2, -0.15) is 0 Å². The van der Waals surface area contributed by atoms with Crippen molar-refractivity contribution in [3.8, 4) is 0 Å². The Morgan fingerprint density at radius 1 is 1.26 bits per heavy atom. The van der Waals surface area contributed by atoms with Crippen LogP contribution in [0.15, 0.2) is 0 Å². The highest BCUT2D eigenvalue weighted by Gasteiger charge is 2.43. The molecule has 1 saturated carbocycles. The van der Waals surface area contributed by atoms with Gasteiger partial charge in [-0.25, -0.2) is 4.79 Å². The zero-order valence-corrected chi connectivity index (χ0v) is 11.6. The number of carboxylic acids is 1. The van der Waals surface area contributed by atoms with Crippen molar-refractivity contribution in [1.82, 2.24) is 10.6 Å². The maximum atomic E-state index is 12.0. The summed E-state index contributed by atoms with van der Waals surface area (Å²) in [4.78, 5) is 23.5. The predicted octanol–water partition coefficient (Wildman–Crippen LogP) is 1.14. The van der Waals surface area contributed by atoms with Crippen molar-refractivity contribution in [2.75, 3.05) is 13.1 Å². The molecule has 0 aromatic carbocycles. The standard InChI is InChI=1S/C14H24N2O3/c1-2-10-3-5-14(6-4-10,13(18)19)16-12(17)7-11-8-15-9-11/h10-11,15H,2-9H2,1H3,(H,16,17)(H,18,19). The maximum Gasteiger partial charge on any atom is 0.329 e. The minimum atomic E-state index is -1.01. The van der Waals surface area contributed by atoms with Crippen molar-refractivity contribution in [3.63, 3.8) is 0 Å². The van der Waals surface area contributed by atoms with Crippen LogP contribution >= 0.6 is 0 Å². The van der Waals surface area contributed by atoms with E-state index in [1.54, 1.807) is 0 Å². The Hall–Kier alpha value is -1.10. The number of hydrogen-bond donors (Lipinski definition) is 3. The van der Waals surface area contributed by atoms with Gasteiger partial charge in [0.25, 0.3) is 0 Å². The molecule has 19 heavy (non-hydrogen) atoms. The van der Waals surface area contributed by atoms with Crippen LogP contribution in [0.2, 0.25) is 0 Å². The first kappa shape index (κ1) is 14.3. The molecule has 2 fully saturated rings. The Morgan fingerprint density at radius 3 is 2.32 bits per heavy atom. The van der Waals surface area contributed by atoms with E-state index in [2.05, 4.69) is 17.6 Å². The second-order valence-corrected chi connectivity index (χ2v) is 6.02. The van der Waals surface area contributed by atoms with Gasteiger partial charge in [0.15, 0.2) is 0 Å². The Labute approximate surface area is 114 Å². The fourth-order valence-corrected chi connectivity index (χ4v) is 3.04. The number of carbonyl (C=O) groups excluding carboxylic acids is 1. The first-order valence-corrected chi connectivity index (χ1v) is 7.31. The zero-order valence-electron chi connectivity index (χ0n) is 11.6. The number of nitrogens with one attached hydrogen (secondary N) is 2.